The highest BCUT2D eigenvalue weighted by Gasteiger charge is 2.23. The number of alkyl halides is 1. The van der Waals surface area contributed by atoms with Gasteiger partial charge in [0.05, 0.1) is 22.9 Å². The number of nitro benzene ring substituents is 1. The van der Waals surface area contributed by atoms with Crippen LogP contribution in [-0.2, 0) is 11.8 Å². The van der Waals surface area contributed by atoms with E-state index in [1.807, 2.05) is 0 Å². The van der Waals surface area contributed by atoms with Gasteiger partial charge in [0.2, 0.25) is 0 Å². The normalized spacial score (nSPS) is 10.9. The zero-order valence-corrected chi connectivity index (χ0v) is 17.5. The van der Waals surface area contributed by atoms with Crippen molar-refractivity contribution in [1.29, 1.82) is 0 Å². The molecule has 0 bridgehead atoms. The molecule has 7 nitrogen and oxygen atoms in total. The molecule has 10 heteroatoms. The average Bonchev–Trinajstić information content (AvgIpc) is 3.30. The summed E-state index contributed by atoms with van der Waals surface area (Å²) in [6.45, 7) is 0. The lowest BCUT2D eigenvalue weighted by Gasteiger charge is -2.12. The Morgan fingerprint density at radius 1 is 1.06 bits per heavy atom. The Hall–Kier alpha value is -3.53. The lowest BCUT2D eigenvalue weighted by Crippen LogP contribution is -2.03. The van der Waals surface area contributed by atoms with Gasteiger partial charge in [0.15, 0.2) is 5.82 Å². The van der Waals surface area contributed by atoms with E-state index in [0.717, 1.165) is 0 Å². The molecular weight excluding hydrogens is 472 g/mol. The smallest absolute Gasteiger partial charge is 0.258 e. The summed E-state index contributed by atoms with van der Waals surface area (Å²) >= 11 is 3.28. The number of halogens is 3. The summed E-state index contributed by atoms with van der Waals surface area (Å²) in [6.07, 6.45) is 4.45. The fourth-order valence-electron chi connectivity index (χ4n) is 3.30. The number of nitro groups is 1. The van der Waals surface area contributed by atoms with Crippen LogP contribution in [0, 0.1) is 21.7 Å². The molecule has 2 heterocycles. The fourth-order valence-corrected chi connectivity index (χ4v) is 3.73. The second-order valence-corrected chi connectivity index (χ2v) is 7.20. The molecule has 0 amide bonds. The molecule has 0 saturated heterocycles. The van der Waals surface area contributed by atoms with Crippen molar-refractivity contribution >= 4 is 21.6 Å². The van der Waals surface area contributed by atoms with Crippen molar-refractivity contribution in [1.82, 2.24) is 20.0 Å². The van der Waals surface area contributed by atoms with Gasteiger partial charge in [-0.05, 0) is 42.0 Å². The number of pyridine rings is 1. The number of nitrogens with zero attached hydrogens (tertiary/aromatic N) is 5. The van der Waals surface area contributed by atoms with Gasteiger partial charge in [-0.3, -0.25) is 10.1 Å². The first-order valence-corrected chi connectivity index (χ1v) is 10.2. The maximum absolute atomic E-state index is 14.1. The summed E-state index contributed by atoms with van der Waals surface area (Å²) < 4.78 is 28.3. The predicted octanol–water partition coefficient (Wildman–Crippen LogP) is 5.00. The lowest BCUT2D eigenvalue weighted by atomic mass is 9.95. The van der Waals surface area contributed by atoms with E-state index < -0.39 is 16.6 Å². The van der Waals surface area contributed by atoms with Gasteiger partial charge in [-0.2, -0.15) is 10.2 Å². The van der Waals surface area contributed by atoms with Crippen LogP contribution >= 0.6 is 15.9 Å². The molecule has 2 aromatic carbocycles. The second kappa shape index (κ2) is 8.68. The molecule has 0 unspecified atom stereocenters. The van der Waals surface area contributed by atoms with E-state index in [1.165, 1.54) is 41.6 Å². The number of aromatic nitrogens is 4. The maximum Gasteiger partial charge on any atom is 0.281 e. The van der Waals surface area contributed by atoms with Crippen molar-refractivity contribution in [2.24, 2.45) is 0 Å². The van der Waals surface area contributed by atoms with Gasteiger partial charge in [0.25, 0.3) is 5.69 Å². The maximum atomic E-state index is 14.1. The Morgan fingerprint density at radius 2 is 1.77 bits per heavy atom. The average molecular weight is 486 g/mol. The topological polar surface area (TPSA) is 86.7 Å². The molecule has 0 saturated carbocycles. The standard InChI is InChI=1S/C21H14BrF2N5O2/c22-11-15-8-13(10-17-18(23)2-1-3-19(17)24)9-16(21(15)29(30)31)14-4-5-20(25-12-14)28-26-6-7-27-28/h1-9,12H,10-11H2. The molecule has 0 aliphatic heterocycles. The van der Waals surface area contributed by atoms with Crippen LogP contribution in [0.1, 0.15) is 16.7 Å². The Kier molecular flexibility index (Phi) is 5.81. The minimum absolute atomic E-state index is 0.0494. The van der Waals surface area contributed by atoms with E-state index in [1.54, 1.807) is 24.3 Å². The highest BCUT2D eigenvalue weighted by Crippen LogP contribution is 2.36. The van der Waals surface area contributed by atoms with E-state index in [0.29, 0.717) is 28.1 Å². The summed E-state index contributed by atoms with van der Waals surface area (Å²) in [5.74, 6) is -0.891. The molecular formula is C21H14BrF2N5O2. The summed E-state index contributed by atoms with van der Waals surface area (Å²) in [4.78, 5) is 17.0. The molecule has 4 aromatic rings. The first kappa shape index (κ1) is 20.7. The van der Waals surface area contributed by atoms with E-state index in [2.05, 4.69) is 31.1 Å². The van der Waals surface area contributed by atoms with Gasteiger partial charge in [-0.15, -0.1) is 4.80 Å². The van der Waals surface area contributed by atoms with Crippen LogP contribution in [0.2, 0.25) is 0 Å². The Labute approximate surface area is 183 Å². The van der Waals surface area contributed by atoms with Gasteiger partial charge in [-0.25, -0.2) is 13.8 Å². The Bertz CT molecular complexity index is 1230. The quantitative estimate of drug-likeness (QED) is 0.218. The molecule has 4 rings (SSSR count). The highest BCUT2D eigenvalue weighted by atomic mass is 79.9. The van der Waals surface area contributed by atoms with Gasteiger partial charge in [0.1, 0.15) is 11.6 Å². The predicted molar refractivity (Wildman–Crippen MR) is 113 cm³/mol. The largest absolute Gasteiger partial charge is 0.281 e. The Balaban J connectivity index is 1.82. The van der Waals surface area contributed by atoms with Crippen LogP contribution in [0.4, 0.5) is 14.5 Å². The van der Waals surface area contributed by atoms with Gasteiger partial charge < -0.3 is 0 Å². The minimum Gasteiger partial charge on any atom is -0.258 e. The number of hydrogen-bond donors (Lipinski definition) is 0. The minimum atomic E-state index is -0.668. The van der Waals surface area contributed by atoms with Crippen molar-refractivity contribution in [3.63, 3.8) is 0 Å². The van der Waals surface area contributed by atoms with Crippen LogP contribution < -0.4 is 0 Å². The van der Waals surface area contributed by atoms with Crippen molar-refractivity contribution in [2.45, 2.75) is 11.8 Å². The van der Waals surface area contributed by atoms with Crippen LogP contribution in [0.15, 0.2) is 61.1 Å². The fraction of sp³-hybridized carbons (Fsp3) is 0.0952. The van der Waals surface area contributed by atoms with E-state index in [-0.39, 0.29) is 23.0 Å². The van der Waals surface area contributed by atoms with Crippen molar-refractivity contribution < 1.29 is 13.7 Å². The third kappa shape index (κ3) is 4.19. The summed E-state index contributed by atoms with van der Waals surface area (Å²) in [7, 11) is 0. The Morgan fingerprint density at radius 3 is 2.35 bits per heavy atom. The van der Waals surface area contributed by atoms with Crippen LogP contribution in [0.25, 0.3) is 16.9 Å². The number of rotatable bonds is 6. The third-order valence-electron chi connectivity index (χ3n) is 4.70. The van der Waals surface area contributed by atoms with E-state index in [4.69, 9.17) is 0 Å². The number of benzene rings is 2. The zero-order valence-electron chi connectivity index (χ0n) is 15.9. The highest BCUT2D eigenvalue weighted by molar-refractivity contribution is 9.08. The molecule has 2 aromatic heterocycles. The van der Waals surface area contributed by atoms with Crippen molar-refractivity contribution in [2.75, 3.05) is 0 Å². The monoisotopic (exact) mass is 485 g/mol. The van der Waals surface area contributed by atoms with Gasteiger partial charge in [-0.1, -0.05) is 22.0 Å². The molecule has 0 atom stereocenters. The van der Waals surface area contributed by atoms with E-state index >= 15 is 0 Å². The number of hydrogen-bond acceptors (Lipinski definition) is 5. The lowest BCUT2D eigenvalue weighted by molar-refractivity contribution is -0.384. The first-order valence-electron chi connectivity index (χ1n) is 9.10. The van der Waals surface area contributed by atoms with Crippen molar-refractivity contribution in [3.8, 4) is 16.9 Å². The van der Waals surface area contributed by atoms with Crippen LogP contribution in [0.5, 0.6) is 0 Å². The van der Waals surface area contributed by atoms with Crippen LogP contribution in [0.3, 0.4) is 0 Å². The SMILES string of the molecule is O=[N+]([O-])c1c(CBr)cc(Cc2c(F)cccc2F)cc1-c1ccc(-n2nccn2)nc1. The van der Waals surface area contributed by atoms with Crippen LogP contribution in [-0.4, -0.2) is 24.9 Å². The summed E-state index contributed by atoms with van der Waals surface area (Å²) in [5, 5.41) is 20.0. The zero-order chi connectivity index (χ0) is 22.0. The molecule has 0 N–H and O–H groups in total. The molecule has 156 valence electrons. The van der Waals surface area contributed by atoms with Gasteiger partial charge >= 0.3 is 0 Å². The van der Waals surface area contributed by atoms with Crippen molar-refractivity contribution in [3.05, 3.63) is 99.5 Å². The molecule has 0 fully saturated rings. The summed E-state index contributed by atoms with van der Waals surface area (Å²) in [5.41, 5.74) is 1.54. The van der Waals surface area contributed by atoms with Gasteiger partial charge in [0, 0.05) is 34.6 Å². The first-order chi connectivity index (χ1) is 15.0. The molecule has 0 aliphatic carbocycles. The second-order valence-electron chi connectivity index (χ2n) is 6.64. The molecule has 0 radical (unpaired) electrons. The molecule has 31 heavy (non-hydrogen) atoms. The van der Waals surface area contributed by atoms with E-state index in [9.17, 15) is 18.9 Å². The summed E-state index contributed by atoms with van der Waals surface area (Å²) in [6, 6.07) is 10.1. The molecule has 0 spiro atoms. The molecule has 0 aliphatic rings. The third-order valence-corrected chi connectivity index (χ3v) is 5.30.